The standard InChI is InChI=1S/C28H31FN8.C27H33N7.C4H10.C2H6/c1-16(2)37-18(4)35-27-25(29)10-19(11-26(27)37)24-14-32-28-23(24)9-20(12-31-28)17(3)34-21-13-33-36(15-21)22-5-7-30-8-6-22;1-17(2)32-27-15-30-26(11-18(27)3)19(4)25-12-22(13-29-21(25)6)20(5)33-23-14-31-34(16-23)24-7-9-28-10-8-24;1-4(2)3;1-2/h9-16,22,30,34H,3,5-8H2,1-2,4H3,(H,31,32);11-16,24,28,33H,4-5,7-10H2,1-3,6H3;4H,1-3H3;1-2H3. The van der Waals surface area contributed by atoms with Crippen LogP contribution in [0.3, 0.4) is 0 Å². The lowest BCUT2D eigenvalue weighted by atomic mass is 9.99. The summed E-state index contributed by atoms with van der Waals surface area (Å²) in [5, 5.41) is 23.6. The topological polar surface area (TPSA) is 168 Å². The molecule has 2 saturated heterocycles. The number of fused-ring (bicyclic) bond motifs is 2. The Bertz CT molecular complexity index is 3350. The van der Waals surface area contributed by atoms with E-state index >= 15 is 4.39 Å². The number of hydrogen-bond donors (Lipinski definition) is 5. The van der Waals surface area contributed by atoms with Gasteiger partial charge in [0, 0.05) is 93.0 Å². The average Bonchev–Trinajstić information content (AvgIpc) is 4.27. The zero-order valence-corrected chi connectivity index (χ0v) is 47.4. The summed E-state index contributed by atoms with van der Waals surface area (Å²) in [7, 11) is 0. The predicted octanol–water partition coefficient (Wildman–Crippen LogP) is 14.0. The third-order valence-electron chi connectivity index (χ3n) is 13.3. The number of rotatable bonds is 13. The van der Waals surface area contributed by atoms with Gasteiger partial charge in [-0.25, -0.2) is 14.4 Å². The molecular weight excluding hydrogens is 962 g/mol. The molecule has 0 atom stereocenters. The van der Waals surface area contributed by atoms with Crippen molar-refractivity contribution in [3.05, 3.63) is 145 Å². The Morgan fingerprint density at radius 3 is 1.83 bits per heavy atom. The van der Waals surface area contributed by atoms with Gasteiger partial charge in [0.1, 0.15) is 17.0 Å². The number of piperidine rings is 2. The molecule has 2 fully saturated rings. The average molecular weight is 1040 g/mol. The Balaban J connectivity index is 0.000000204. The first-order valence-corrected chi connectivity index (χ1v) is 27.2. The number of halogens is 1. The molecule has 2 aliphatic rings. The van der Waals surface area contributed by atoms with Crippen LogP contribution < -0.4 is 21.3 Å². The van der Waals surface area contributed by atoms with Crippen LogP contribution in [0.4, 0.5) is 21.5 Å². The lowest BCUT2D eigenvalue weighted by molar-refractivity contribution is 0.343. The largest absolute Gasteiger partial charge is 0.353 e. The molecule has 15 nitrogen and oxygen atoms in total. The van der Waals surface area contributed by atoms with E-state index in [0.29, 0.717) is 17.6 Å². The van der Waals surface area contributed by atoms with Crippen molar-refractivity contribution in [1.82, 2.24) is 59.7 Å². The Hall–Kier alpha value is -7.56. The molecular formula is C61H80FN15. The first-order valence-electron chi connectivity index (χ1n) is 27.2. The van der Waals surface area contributed by atoms with Crippen LogP contribution in [0.5, 0.6) is 0 Å². The number of nitrogens with one attached hydrogen (secondary N) is 5. The SMILES string of the molecule is C=C(Nc1cnn(C2CCNCC2)c1)c1cnc(C)c(C(=C)c2cc(C)c(N=C(C)C)cn2)c1.C=C(Nc1cnn(C2CCNCC2)c1)c1cnc2[nH]cc(-c3cc(F)c4nc(C)n(C(C)C)c4c3)c2c1.CC.CC(C)C. The fourth-order valence-corrected chi connectivity index (χ4v) is 9.54. The van der Waals surface area contributed by atoms with E-state index in [1.165, 1.54) is 0 Å². The maximum Gasteiger partial charge on any atom is 0.151 e. The van der Waals surface area contributed by atoms with Crippen molar-refractivity contribution < 1.29 is 4.39 Å². The van der Waals surface area contributed by atoms with E-state index in [2.05, 4.69) is 137 Å². The third-order valence-corrected chi connectivity index (χ3v) is 13.3. The van der Waals surface area contributed by atoms with Gasteiger partial charge in [-0.05, 0) is 148 Å². The van der Waals surface area contributed by atoms with Gasteiger partial charge >= 0.3 is 0 Å². The monoisotopic (exact) mass is 1040 g/mol. The molecule has 77 heavy (non-hydrogen) atoms. The maximum atomic E-state index is 15.1. The number of imidazole rings is 1. The second-order valence-corrected chi connectivity index (χ2v) is 20.8. The van der Waals surface area contributed by atoms with Crippen molar-refractivity contribution in [1.29, 1.82) is 0 Å². The Kier molecular flexibility index (Phi) is 19.3. The van der Waals surface area contributed by atoms with Gasteiger partial charge in [0.2, 0.25) is 0 Å². The molecule has 0 amide bonds. The van der Waals surface area contributed by atoms with E-state index in [1.54, 1.807) is 18.5 Å². The smallest absolute Gasteiger partial charge is 0.151 e. The quantitative estimate of drug-likeness (QED) is 0.0701. The van der Waals surface area contributed by atoms with Crippen LogP contribution in [0.2, 0.25) is 0 Å². The van der Waals surface area contributed by atoms with Crippen molar-refractivity contribution in [2.45, 2.75) is 127 Å². The number of benzene rings is 1. The molecule has 2 aliphatic heterocycles. The molecule has 16 heteroatoms. The number of aromatic nitrogens is 10. The summed E-state index contributed by atoms with van der Waals surface area (Å²) in [4.78, 5) is 26.1. The summed E-state index contributed by atoms with van der Waals surface area (Å²) in [5.74, 6) is 1.31. The molecule has 406 valence electrons. The van der Waals surface area contributed by atoms with Crippen molar-refractivity contribution in [3.63, 3.8) is 0 Å². The van der Waals surface area contributed by atoms with Crippen LogP contribution in [0.15, 0.2) is 105 Å². The van der Waals surface area contributed by atoms with Crippen molar-refractivity contribution in [3.8, 4) is 11.1 Å². The fraction of sp³-hybridized carbons (Fsp3) is 0.393. The molecule has 1 aromatic carbocycles. The Morgan fingerprint density at radius 2 is 1.29 bits per heavy atom. The van der Waals surface area contributed by atoms with E-state index in [1.807, 2.05) is 102 Å². The number of anilines is 2. The van der Waals surface area contributed by atoms with Gasteiger partial charge in [-0.1, -0.05) is 54.4 Å². The van der Waals surface area contributed by atoms with E-state index in [-0.39, 0.29) is 11.9 Å². The summed E-state index contributed by atoms with van der Waals surface area (Å²) in [6.45, 7) is 41.4. The lowest BCUT2D eigenvalue weighted by Crippen LogP contribution is -2.29. The van der Waals surface area contributed by atoms with E-state index < -0.39 is 0 Å². The maximum absolute atomic E-state index is 15.1. The summed E-state index contributed by atoms with van der Waals surface area (Å²) in [5.41, 5.74) is 15.0. The normalized spacial score (nSPS) is 13.8. The number of aromatic amines is 1. The van der Waals surface area contributed by atoms with Gasteiger partial charge in [-0.3, -0.25) is 24.3 Å². The third kappa shape index (κ3) is 14.1. The molecule has 0 bridgehead atoms. The molecule has 5 N–H and O–H groups in total. The first-order chi connectivity index (χ1) is 36.9. The highest BCUT2D eigenvalue weighted by molar-refractivity contribution is 5.98. The summed E-state index contributed by atoms with van der Waals surface area (Å²) in [6.07, 6.45) is 19.4. The second kappa shape index (κ2) is 26.0. The number of aliphatic imine (C=N–C) groups is 1. The van der Waals surface area contributed by atoms with E-state index in [9.17, 15) is 0 Å². The van der Waals surface area contributed by atoms with Gasteiger partial charge in [-0.2, -0.15) is 10.2 Å². The summed E-state index contributed by atoms with van der Waals surface area (Å²) < 4.78 is 21.3. The van der Waals surface area contributed by atoms with Gasteiger partial charge in [-0.15, -0.1) is 0 Å². The highest BCUT2D eigenvalue weighted by Crippen LogP contribution is 2.35. The van der Waals surface area contributed by atoms with Crippen LogP contribution in [0, 0.1) is 32.5 Å². The molecule has 7 aromatic heterocycles. The lowest BCUT2D eigenvalue weighted by Gasteiger charge is -2.22. The van der Waals surface area contributed by atoms with Gasteiger partial charge in [0.05, 0.1) is 58.9 Å². The molecule has 0 spiro atoms. The minimum absolute atomic E-state index is 0.171. The van der Waals surface area contributed by atoms with Crippen LogP contribution in [0.25, 0.3) is 50.2 Å². The van der Waals surface area contributed by atoms with Crippen molar-refractivity contribution in [2.24, 2.45) is 10.9 Å². The molecule has 0 aliphatic carbocycles. The molecule has 0 saturated carbocycles. The Labute approximate surface area is 454 Å². The number of pyridine rings is 3. The molecule has 10 rings (SSSR count). The van der Waals surface area contributed by atoms with Crippen LogP contribution >= 0.6 is 0 Å². The minimum Gasteiger partial charge on any atom is -0.353 e. The zero-order chi connectivity index (χ0) is 55.5. The van der Waals surface area contributed by atoms with Gasteiger partial charge < -0.3 is 30.8 Å². The Morgan fingerprint density at radius 1 is 0.727 bits per heavy atom. The molecule has 9 heterocycles. The molecule has 0 unspecified atom stereocenters. The number of aryl methyl sites for hydroxylation is 3. The highest BCUT2D eigenvalue weighted by Gasteiger charge is 2.21. The fourth-order valence-electron chi connectivity index (χ4n) is 9.54. The van der Waals surface area contributed by atoms with Crippen molar-refractivity contribution in [2.75, 3.05) is 36.8 Å². The zero-order valence-electron chi connectivity index (χ0n) is 47.4. The van der Waals surface area contributed by atoms with Crippen molar-refractivity contribution >= 4 is 61.8 Å². The number of hydrogen-bond acceptors (Lipinski definition) is 11. The molecule has 0 radical (unpaired) electrons. The highest BCUT2D eigenvalue weighted by atomic mass is 19.1. The van der Waals surface area contributed by atoms with Gasteiger partial charge in [0.25, 0.3) is 0 Å². The number of nitrogens with zero attached hydrogens (tertiary/aromatic N) is 10. The number of H-pyrrole nitrogens is 1. The van der Waals surface area contributed by atoms with Crippen LogP contribution in [-0.4, -0.2) is 80.9 Å². The first kappa shape index (κ1) is 57.2. The predicted molar refractivity (Wildman–Crippen MR) is 318 cm³/mol. The van der Waals surface area contributed by atoms with E-state index in [0.717, 1.165) is 165 Å². The summed E-state index contributed by atoms with van der Waals surface area (Å²) >= 11 is 0. The van der Waals surface area contributed by atoms with Gasteiger partial charge in [0.15, 0.2) is 5.82 Å². The molecule has 8 aromatic rings. The van der Waals surface area contributed by atoms with Crippen LogP contribution in [0.1, 0.15) is 146 Å². The second-order valence-electron chi connectivity index (χ2n) is 20.8. The minimum atomic E-state index is -0.328. The summed E-state index contributed by atoms with van der Waals surface area (Å²) in [6, 6.07) is 10.7. The van der Waals surface area contributed by atoms with Crippen LogP contribution in [-0.2, 0) is 0 Å². The van der Waals surface area contributed by atoms with E-state index in [4.69, 9.17) is 0 Å².